The standard InChI is InChI=1S/C17H18ClF3N2OS.2C2H6/c1-4-23(25-14-10-22-15(24-3)9-11(14)2)16(17(19,20)21)12-5-7-13(18)8-6-12;2*1-2/h5-10,16H,4H2,1-3H3;2*1-2H3. The summed E-state index contributed by atoms with van der Waals surface area (Å²) in [6.45, 7) is 11.7. The molecule has 164 valence electrons. The number of rotatable bonds is 6. The lowest BCUT2D eigenvalue weighted by molar-refractivity contribution is -0.172. The van der Waals surface area contributed by atoms with Crippen LogP contribution < -0.4 is 4.74 Å². The van der Waals surface area contributed by atoms with Crippen LogP contribution in [-0.2, 0) is 0 Å². The molecule has 1 heterocycles. The lowest BCUT2D eigenvalue weighted by atomic mass is 10.1. The summed E-state index contributed by atoms with van der Waals surface area (Å²) in [5.41, 5.74) is 0.942. The monoisotopic (exact) mass is 450 g/mol. The fourth-order valence-corrected chi connectivity index (χ4v) is 3.47. The van der Waals surface area contributed by atoms with E-state index in [-0.39, 0.29) is 12.1 Å². The maximum atomic E-state index is 13.7. The highest BCUT2D eigenvalue weighted by molar-refractivity contribution is 7.97. The highest BCUT2D eigenvalue weighted by Crippen LogP contribution is 2.43. The number of hydrogen-bond donors (Lipinski definition) is 0. The van der Waals surface area contributed by atoms with Crippen LogP contribution in [-0.4, -0.2) is 29.1 Å². The van der Waals surface area contributed by atoms with E-state index in [1.165, 1.54) is 41.9 Å². The molecule has 0 saturated heterocycles. The minimum absolute atomic E-state index is 0.144. The Morgan fingerprint density at radius 2 is 1.69 bits per heavy atom. The van der Waals surface area contributed by atoms with Crippen LogP contribution >= 0.6 is 23.5 Å². The lowest BCUT2D eigenvalue weighted by Crippen LogP contribution is -2.34. The van der Waals surface area contributed by atoms with E-state index in [1.54, 1.807) is 13.0 Å². The quantitative estimate of drug-likeness (QED) is 0.420. The zero-order valence-corrected chi connectivity index (χ0v) is 19.5. The number of benzene rings is 1. The maximum absolute atomic E-state index is 13.7. The Hall–Kier alpha value is -1.44. The molecule has 29 heavy (non-hydrogen) atoms. The third-order valence-corrected chi connectivity index (χ3v) is 5.14. The third-order valence-electron chi connectivity index (χ3n) is 3.56. The lowest BCUT2D eigenvalue weighted by Gasteiger charge is -2.31. The molecule has 0 aliphatic rings. The molecule has 1 aromatic carbocycles. The molecule has 0 bridgehead atoms. The van der Waals surface area contributed by atoms with E-state index in [2.05, 4.69) is 4.98 Å². The summed E-state index contributed by atoms with van der Waals surface area (Å²) in [4.78, 5) is 4.73. The Bertz CT molecular complexity index is 712. The van der Waals surface area contributed by atoms with Crippen molar-refractivity contribution in [2.24, 2.45) is 0 Å². The van der Waals surface area contributed by atoms with E-state index < -0.39 is 12.2 Å². The van der Waals surface area contributed by atoms with Crippen LogP contribution in [0, 0.1) is 6.92 Å². The topological polar surface area (TPSA) is 25.4 Å². The van der Waals surface area contributed by atoms with Gasteiger partial charge in [-0.2, -0.15) is 13.2 Å². The predicted octanol–water partition coefficient (Wildman–Crippen LogP) is 7.74. The number of methoxy groups -OCH3 is 1. The average molecular weight is 451 g/mol. The Morgan fingerprint density at radius 3 is 2.10 bits per heavy atom. The van der Waals surface area contributed by atoms with Gasteiger partial charge in [0.1, 0.15) is 6.04 Å². The number of alkyl halides is 3. The van der Waals surface area contributed by atoms with Gasteiger partial charge in [-0.05, 0) is 42.1 Å². The van der Waals surface area contributed by atoms with E-state index in [4.69, 9.17) is 16.3 Å². The van der Waals surface area contributed by atoms with Gasteiger partial charge in [0.05, 0.1) is 7.11 Å². The van der Waals surface area contributed by atoms with Crippen molar-refractivity contribution in [1.29, 1.82) is 0 Å². The van der Waals surface area contributed by atoms with Crippen molar-refractivity contribution in [3.05, 3.63) is 52.7 Å². The number of nitrogens with zero attached hydrogens (tertiary/aromatic N) is 2. The summed E-state index contributed by atoms with van der Waals surface area (Å²) in [7, 11) is 1.49. The minimum Gasteiger partial charge on any atom is -0.481 e. The van der Waals surface area contributed by atoms with Crippen molar-refractivity contribution in [3.8, 4) is 5.88 Å². The molecule has 0 amide bonds. The average Bonchev–Trinajstić information content (AvgIpc) is 2.72. The van der Waals surface area contributed by atoms with Crippen molar-refractivity contribution in [2.75, 3.05) is 13.7 Å². The first kappa shape index (κ1) is 27.6. The number of ether oxygens (including phenoxy) is 1. The van der Waals surface area contributed by atoms with Crippen molar-refractivity contribution >= 4 is 23.5 Å². The number of aryl methyl sites for hydroxylation is 1. The molecule has 1 atom stereocenters. The molecule has 0 aliphatic carbocycles. The summed E-state index contributed by atoms with van der Waals surface area (Å²) in [5, 5.41) is 0.399. The summed E-state index contributed by atoms with van der Waals surface area (Å²) >= 11 is 6.83. The smallest absolute Gasteiger partial charge is 0.408 e. The Morgan fingerprint density at radius 1 is 1.14 bits per heavy atom. The van der Waals surface area contributed by atoms with Crippen molar-refractivity contribution in [1.82, 2.24) is 9.29 Å². The molecule has 0 saturated carbocycles. The number of pyridine rings is 1. The van der Waals surface area contributed by atoms with Gasteiger partial charge in [-0.3, -0.25) is 0 Å². The Kier molecular flexibility index (Phi) is 13.0. The maximum Gasteiger partial charge on any atom is 0.408 e. The van der Waals surface area contributed by atoms with E-state index in [9.17, 15) is 13.2 Å². The number of hydrogen-bond acceptors (Lipinski definition) is 4. The molecule has 0 spiro atoms. The van der Waals surface area contributed by atoms with Crippen LogP contribution in [0.5, 0.6) is 5.88 Å². The molecule has 0 radical (unpaired) electrons. The zero-order valence-electron chi connectivity index (χ0n) is 18.0. The molecule has 1 unspecified atom stereocenters. The highest BCUT2D eigenvalue weighted by Gasteiger charge is 2.45. The normalized spacial score (nSPS) is 11.7. The summed E-state index contributed by atoms with van der Waals surface area (Å²) < 4.78 is 47.6. The van der Waals surface area contributed by atoms with Gasteiger partial charge < -0.3 is 4.74 Å². The van der Waals surface area contributed by atoms with Gasteiger partial charge in [-0.25, -0.2) is 9.29 Å². The first-order chi connectivity index (χ1) is 13.8. The fourth-order valence-electron chi connectivity index (χ4n) is 2.31. The van der Waals surface area contributed by atoms with Crippen molar-refractivity contribution < 1.29 is 17.9 Å². The molecule has 3 nitrogen and oxygen atoms in total. The van der Waals surface area contributed by atoms with Gasteiger partial charge in [0.15, 0.2) is 0 Å². The molecule has 2 rings (SSSR count). The van der Waals surface area contributed by atoms with Gasteiger partial charge in [0.2, 0.25) is 5.88 Å². The largest absolute Gasteiger partial charge is 0.481 e. The van der Waals surface area contributed by atoms with Crippen molar-refractivity contribution in [3.63, 3.8) is 0 Å². The van der Waals surface area contributed by atoms with E-state index in [0.29, 0.717) is 15.8 Å². The van der Waals surface area contributed by atoms with Gasteiger partial charge in [-0.15, -0.1) is 0 Å². The van der Waals surface area contributed by atoms with Gasteiger partial charge in [0.25, 0.3) is 0 Å². The van der Waals surface area contributed by atoms with Gasteiger partial charge >= 0.3 is 6.18 Å². The molecule has 8 heteroatoms. The predicted molar refractivity (Wildman–Crippen MR) is 117 cm³/mol. The van der Waals surface area contributed by atoms with Gasteiger partial charge in [-0.1, -0.05) is 58.4 Å². The van der Waals surface area contributed by atoms with Crippen molar-refractivity contribution in [2.45, 2.75) is 58.7 Å². The van der Waals surface area contributed by atoms with Crippen LogP contribution in [0.1, 0.15) is 51.8 Å². The third kappa shape index (κ3) is 8.44. The second kappa shape index (κ2) is 13.7. The first-order valence-electron chi connectivity index (χ1n) is 9.53. The molecule has 0 aliphatic heterocycles. The molecule has 2 aromatic rings. The van der Waals surface area contributed by atoms with E-state index in [1.807, 2.05) is 34.6 Å². The van der Waals surface area contributed by atoms with Crippen LogP contribution in [0.15, 0.2) is 41.4 Å². The Balaban J connectivity index is 0.00000184. The summed E-state index contributed by atoms with van der Waals surface area (Å²) in [6.07, 6.45) is -2.90. The first-order valence-corrected chi connectivity index (χ1v) is 10.7. The van der Waals surface area contributed by atoms with Crippen LogP contribution in [0.2, 0.25) is 5.02 Å². The van der Waals surface area contributed by atoms with Crippen LogP contribution in [0.3, 0.4) is 0 Å². The molecular weight excluding hydrogens is 421 g/mol. The summed E-state index contributed by atoms with van der Waals surface area (Å²) in [5.74, 6) is 0.426. The molecule has 1 aromatic heterocycles. The molecular formula is C21H30ClF3N2OS. The SMILES string of the molecule is CC.CC.CCN(Sc1cnc(OC)cc1C)C(c1ccc(Cl)cc1)C(F)(F)F. The van der Waals surface area contributed by atoms with E-state index in [0.717, 1.165) is 17.5 Å². The highest BCUT2D eigenvalue weighted by atomic mass is 35.5. The number of aromatic nitrogens is 1. The summed E-state index contributed by atoms with van der Waals surface area (Å²) in [6, 6.07) is 5.69. The fraction of sp³-hybridized carbons (Fsp3) is 0.476. The Labute approximate surface area is 181 Å². The van der Waals surface area contributed by atoms with Gasteiger partial charge in [0, 0.05) is 28.7 Å². The molecule has 0 N–H and O–H groups in total. The number of halogens is 4. The zero-order chi connectivity index (χ0) is 22.6. The minimum atomic E-state index is -4.43. The molecule has 0 fully saturated rings. The van der Waals surface area contributed by atoms with E-state index >= 15 is 0 Å². The van der Waals surface area contributed by atoms with Crippen LogP contribution in [0.4, 0.5) is 13.2 Å². The second-order valence-electron chi connectivity index (χ2n) is 5.31. The van der Waals surface area contributed by atoms with Crippen LogP contribution in [0.25, 0.3) is 0 Å². The second-order valence-corrected chi connectivity index (χ2v) is 6.84.